The molecule has 0 bridgehead atoms. The highest BCUT2D eigenvalue weighted by atomic mass is 16.5. The van der Waals surface area contributed by atoms with Gasteiger partial charge in [-0.05, 0) is 35.7 Å². The molecule has 0 aliphatic rings. The van der Waals surface area contributed by atoms with Crippen molar-refractivity contribution in [2.45, 2.75) is 13.3 Å². The first-order valence-corrected chi connectivity index (χ1v) is 7.76. The van der Waals surface area contributed by atoms with Crippen LogP contribution >= 0.6 is 0 Å². The normalized spacial score (nSPS) is 11.1. The first-order valence-electron chi connectivity index (χ1n) is 7.76. The van der Waals surface area contributed by atoms with Crippen molar-refractivity contribution in [2.24, 2.45) is 10.2 Å². The highest BCUT2D eigenvalue weighted by molar-refractivity contribution is 5.95. The minimum absolute atomic E-state index is 0.0887. The molecule has 0 saturated heterocycles. The molecule has 6 heteroatoms. The maximum atomic E-state index is 11.9. The Morgan fingerprint density at radius 1 is 1.04 bits per heavy atom. The largest absolute Gasteiger partial charge is 0.507 e. The lowest BCUT2D eigenvalue weighted by Gasteiger charge is -2.05. The van der Waals surface area contributed by atoms with Crippen LogP contribution in [0.1, 0.15) is 45.2 Å². The molecular weight excluding hydrogens is 320 g/mol. The number of ether oxygens (including phenoxy) is 1. The molecule has 128 valence electrons. The van der Waals surface area contributed by atoms with Crippen molar-refractivity contribution in [3.05, 3.63) is 64.7 Å². The van der Waals surface area contributed by atoms with Crippen LogP contribution in [0, 0.1) is 0 Å². The van der Waals surface area contributed by atoms with Crippen molar-refractivity contribution < 1.29 is 19.4 Å². The molecule has 0 spiro atoms. The summed E-state index contributed by atoms with van der Waals surface area (Å²) < 4.78 is 5.02. The van der Waals surface area contributed by atoms with Crippen molar-refractivity contribution in [3.63, 3.8) is 0 Å². The van der Waals surface area contributed by atoms with E-state index in [1.165, 1.54) is 18.3 Å². The number of phenols is 1. The summed E-state index contributed by atoms with van der Waals surface area (Å²) in [7, 11) is 0. The van der Waals surface area contributed by atoms with Crippen LogP contribution < -0.4 is 0 Å². The molecule has 0 saturated carbocycles. The molecule has 0 aliphatic carbocycles. The smallest absolute Gasteiger partial charge is 0.341 e. The Labute approximate surface area is 145 Å². The third-order valence-corrected chi connectivity index (χ3v) is 3.23. The zero-order valence-electron chi connectivity index (χ0n) is 13.8. The third-order valence-electron chi connectivity index (χ3n) is 3.23. The standard InChI is InChI=1S/C19H18N2O4/c1-2-9-25-19(24)17-10-16(7-8-18(17)23)12-21-20-11-14-3-5-15(13-22)6-4-14/h3-8,10-13,23H,2,9H2,1H3/b20-11+,21-12+. The average Bonchev–Trinajstić information content (AvgIpc) is 2.65. The van der Waals surface area contributed by atoms with E-state index in [1.54, 1.807) is 36.5 Å². The SMILES string of the molecule is CCCOC(=O)c1cc(/C=N/N=C/c2ccc(C=O)cc2)ccc1O. The molecule has 0 radical (unpaired) electrons. The monoisotopic (exact) mass is 338 g/mol. The van der Waals surface area contributed by atoms with E-state index in [2.05, 4.69) is 10.2 Å². The summed E-state index contributed by atoms with van der Waals surface area (Å²) in [6.45, 7) is 2.19. The zero-order chi connectivity index (χ0) is 18.1. The molecule has 0 aliphatic heterocycles. The molecular formula is C19H18N2O4. The summed E-state index contributed by atoms with van der Waals surface area (Å²) in [6.07, 6.45) is 4.48. The number of carbonyl (C=O) groups excluding carboxylic acids is 2. The Balaban J connectivity index is 2.05. The van der Waals surface area contributed by atoms with Gasteiger partial charge >= 0.3 is 5.97 Å². The molecule has 6 nitrogen and oxygen atoms in total. The summed E-state index contributed by atoms with van der Waals surface area (Å²) in [5.41, 5.74) is 2.09. The summed E-state index contributed by atoms with van der Waals surface area (Å²) in [5, 5.41) is 17.6. The van der Waals surface area contributed by atoms with Crippen LogP contribution in [0.2, 0.25) is 0 Å². The molecule has 0 fully saturated rings. The van der Waals surface area contributed by atoms with Gasteiger partial charge < -0.3 is 9.84 Å². The van der Waals surface area contributed by atoms with E-state index in [1.807, 2.05) is 6.92 Å². The van der Waals surface area contributed by atoms with Crippen LogP contribution in [0.5, 0.6) is 5.75 Å². The van der Waals surface area contributed by atoms with Crippen LogP contribution in [0.3, 0.4) is 0 Å². The molecule has 0 heterocycles. The number of aldehydes is 1. The fraction of sp³-hybridized carbons (Fsp3) is 0.158. The number of aromatic hydroxyl groups is 1. The first-order chi connectivity index (χ1) is 12.1. The fourth-order valence-corrected chi connectivity index (χ4v) is 1.93. The van der Waals surface area contributed by atoms with Gasteiger partial charge in [0, 0.05) is 5.56 Å². The van der Waals surface area contributed by atoms with Gasteiger partial charge in [-0.1, -0.05) is 31.2 Å². The first kappa shape index (κ1) is 18.1. The number of hydrogen-bond donors (Lipinski definition) is 1. The predicted molar refractivity (Wildman–Crippen MR) is 95.7 cm³/mol. The minimum atomic E-state index is -0.576. The van der Waals surface area contributed by atoms with Crippen molar-refractivity contribution in [1.29, 1.82) is 0 Å². The van der Waals surface area contributed by atoms with E-state index in [-0.39, 0.29) is 11.3 Å². The number of phenolic OH excluding ortho intramolecular Hbond substituents is 1. The van der Waals surface area contributed by atoms with E-state index in [4.69, 9.17) is 4.74 Å². The Morgan fingerprint density at radius 2 is 1.64 bits per heavy atom. The van der Waals surface area contributed by atoms with Crippen molar-refractivity contribution in [2.75, 3.05) is 6.61 Å². The van der Waals surface area contributed by atoms with Crippen molar-refractivity contribution in [1.82, 2.24) is 0 Å². The lowest BCUT2D eigenvalue weighted by atomic mass is 10.1. The number of rotatable bonds is 7. The van der Waals surface area contributed by atoms with Crippen LogP contribution in [0.25, 0.3) is 0 Å². The maximum absolute atomic E-state index is 11.9. The highest BCUT2D eigenvalue weighted by Gasteiger charge is 2.12. The quantitative estimate of drug-likeness (QED) is 0.363. The van der Waals surface area contributed by atoms with Crippen molar-refractivity contribution in [3.8, 4) is 5.75 Å². The van der Waals surface area contributed by atoms with Gasteiger partial charge in [-0.25, -0.2) is 4.79 Å². The molecule has 2 rings (SSSR count). The second-order valence-electron chi connectivity index (χ2n) is 5.19. The van der Waals surface area contributed by atoms with Crippen LogP contribution in [-0.4, -0.2) is 36.4 Å². The summed E-state index contributed by atoms with van der Waals surface area (Å²) in [5.74, 6) is -0.717. The van der Waals surface area contributed by atoms with Crippen molar-refractivity contribution >= 4 is 24.7 Å². The van der Waals surface area contributed by atoms with Gasteiger partial charge in [-0.15, -0.1) is 0 Å². The second kappa shape index (κ2) is 9.12. The molecule has 0 atom stereocenters. The second-order valence-corrected chi connectivity index (χ2v) is 5.19. The average molecular weight is 338 g/mol. The molecule has 1 N–H and O–H groups in total. The topological polar surface area (TPSA) is 88.3 Å². The molecule has 0 amide bonds. The molecule has 0 unspecified atom stereocenters. The number of benzene rings is 2. The molecule has 0 aromatic heterocycles. The lowest BCUT2D eigenvalue weighted by molar-refractivity contribution is 0.0501. The predicted octanol–water partition coefficient (Wildman–Crippen LogP) is 3.22. The lowest BCUT2D eigenvalue weighted by Crippen LogP contribution is -2.06. The zero-order valence-corrected chi connectivity index (χ0v) is 13.8. The van der Waals surface area contributed by atoms with E-state index in [0.717, 1.165) is 11.8 Å². The maximum Gasteiger partial charge on any atom is 0.341 e. The summed E-state index contributed by atoms with van der Waals surface area (Å²) >= 11 is 0. The van der Waals surface area contributed by atoms with Gasteiger partial charge in [0.2, 0.25) is 0 Å². The summed E-state index contributed by atoms with van der Waals surface area (Å²) in [4.78, 5) is 22.4. The number of carbonyl (C=O) groups is 2. The van der Waals surface area contributed by atoms with Gasteiger partial charge in [-0.3, -0.25) is 4.79 Å². The van der Waals surface area contributed by atoms with Gasteiger partial charge in [0.15, 0.2) is 0 Å². The Morgan fingerprint density at radius 3 is 2.28 bits per heavy atom. The Kier molecular flexibility index (Phi) is 6.59. The highest BCUT2D eigenvalue weighted by Crippen LogP contribution is 2.19. The van der Waals surface area contributed by atoms with E-state index < -0.39 is 5.97 Å². The third kappa shape index (κ3) is 5.39. The van der Waals surface area contributed by atoms with Gasteiger partial charge in [0.25, 0.3) is 0 Å². The van der Waals surface area contributed by atoms with Crippen LogP contribution in [0.15, 0.2) is 52.7 Å². The number of nitrogens with zero attached hydrogens (tertiary/aromatic N) is 2. The van der Waals surface area contributed by atoms with Crippen LogP contribution in [0.4, 0.5) is 0 Å². The number of hydrogen-bond acceptors (Lipinski definition) is 6. The van der Waals surface area contributed by atoms with Crippen LogP contribution in [-0.2, 0) is 4.74 Å². The summed E-state index contributed by atoms with van der Waals surface area (Å²) in [6, 6.07) is 11.4. The van der Waals surface area contributed by atoms with E-state index >= 15 is 0 Å². The number of esters is 1. The minimum Gasteiger partial charge on any atom is -0.507 e. The van der Waals surface area contributed by atoms with E-state index in [9.17, 15) is 14.7 Å². The van der Waals surface area contributed by atoms with Gasteiger partial charge in [-0.2, -0.15) is 10.2 Å². The molecule has 2 aromatic rings. The Bertz CT molecular complexity index is 796. The van der Waals surface area contributed by atoms with E-state index in [0.29, 0.717) is 24.2 Å². The van der Waals surface area contributed by atoms with Gasteiger partial charge in [0.1, 0.15) is 17.6 Å². The Hall–Kier alpha value is -3.28. The van der Waals surface area contributed by atoms with Gasteiger partial charge in [0.05, 0.1) is 19.0 Å². The molecule has 2 aromatic carbocycles. The fourth-order valence-electron chi connectivity index (χ4n) is 1.93. The molecule has 25 heavy (non-hydrogen) atoms.